The topological polar surface area (TPSA) is 45.1 Å². The van der Waals surface area contributed by atoms with Crippen molar-refractivity contribution < 1.29 is 5.11 Å². The van der Waals surface area contributed by atoms with E-state index in [1.807, 2.05) is 6.07 Å². The fourth-order valence-corrected chi connectivity index (χ4v) is 2.38. The van der Waals surface area contributed by atoms with Gasteiger partial charge in [-0.2, -0.15) is 0 Å². The zero-order valence-electron chi connectivity index (χ0n) is 9.45. The highest BCUT2D eigenvalue weighted by molar-refractivity contribution is 5.40. The average molecular weight is 218 g/mol. The van der Waals surface area contributed by atoms with E-state index in [-0.39, 0.29) is 6.10 Å². The molecule has 0 spiro atoms. The molecule has 0 bridgehead atoms. The van der Waals surface area contributed by atoms with Crippen LogP contribution in [0.1, 0.15) is 30.5 Å². The Bertz CT molecular complexity index is 388. The lowest BCUT2D eigenvalue weighted by atomic mass is 10.2. The van der Waals surface area contributed by atoms with Crippen molar-refractivity contribution >= 4 is 5.82 Å². The lowest BCUT2D eigenvalue weighted by Crippen LogP contribution is -2.21. The Hall–Kier alpha value is -1.09. The molecule has 0 radical (unpaired) electrons. The van der Waals surface area contributed by atoms with Crippen molar-refractivity contribution in [2.24, 2.45) is 5.92 Å². The lowest BCUT2D eigenvalue weighted by molar-refractivity contribution is 0.164. The summed E-state index contributed by atoms with van der Waals surface area (Å²) < 4.78 is 0. The molecule has 1 aromatic rings. The van der Waals surface area contributed by atoms with Gasteiger partial charge in [0.2, 0.25) is 0 Å². The molecule has 16 heavy (non-hydrogen) atoms. The summed E-state index contributed by atoms with van der Waals surface area (Å²) in [4.78, 5) is 4.58. The lowest BCUT2D eigenvalue weighted by Gasteiger charge is -2.11. The van der Waals surface area contributed by atoms with Gasteiger partial charge < -0.3 is 10.4 Å². The Morgan fingerprint density at radius 2 is 2.25 bits per heavy atom. The van der Waals surface area contributed by atoms with Gasteiger partial charge >= 0.3 is 0 Å². The average Bonchev–Trinajstić information content (AvgIpc) is 3.04. The molecule has 3 nitrogen and oxygen atoms in total. The summed E-state index contributed by atoms with van der Waals surface area (Å²) in [7, 11) is 0. The molecule has 3 rings (SSSR count). The van der Waals surface area contributed by atoms with Crippen LogP contribution in [-0.4, -0.2) is 22.7 Å². The van der Waals surface area contributed by atoms with E-state index in [0.29, 0.717) is 12.5 Å². The second-order valence-electron chi connectivity index (χ2n) is 4.94. The highest BCUT2D eigenvalue weighted by Gasteiger charge is 2.29. The van der Waals surface area contributed by atoms with E-state index in [2.05, 4.69) is 16.4 Å². The van der Waals surface area contributed by atoms with E-state index in [9.17, 15) is 5.11 Å². The number of aryl methyl sites for hydroxylation is 2. The normalized spacial score (nSPS) is 20.6. The summed E-state index contributed by atoms with van der Waals surface area (Å²) in [6, 6.07) is 4.20. The molecule has 1 aromatic heterocycles. The molecule has 2 aliphatic rings. The number of hydrogen-bond acceptors (Lipinski definition) is 3. The van der Waals surface area contributed by atoms with Crippen molar-refractivity contribution in [2.75, 3.05) is 11.9 Å². The van der Waals surface area contributed by atoms with Gasteiger partial charge in [0, 0.05) is 12.2 Å². The van der Waals surface area contributed by atoms with Crippen LogP contribution in [0.15, 0.2) is 12.1 Å². The molecule has 0 amide bonds. The fraction of sp³-hybridized carbons (Fsp3) is 0.615. The van der Waals surface area contributed by atoms with Crippen LogP contribution in [0.2, 0.25) is 0 Å². The SMILES string of the molecule is OC(CNc1ccc2c(n1)CCC2)C1CC1. The van der Waals surface area contributed by atoms with Crippen LogP contribution in [0.4, 0.5) is 5.82 Å². The Balaban J connectivity index is 1.61. The molecule has 0 aliphatic heterocycles. The molecule has 2 N–H and O–H groups in total. The first-order chi connectivity index (χ1) is 7.83. The molecule has 3 heteroatoms. The number of rotatable bonds is 4. The maximum Gasteiger partial charge on any atom is 0.126 e. The van der Waals surface area contributed by atoms with E-state index in [1.165, 1.54) is 36.9 Å². The third kappa shape index (κ3) is 2.05. The monoisotopic (exact) mass is 218 g/mol. The molecule has 1 fully saturated rings. The van der Waals surface area contributed by atoms with Crippen molar-refractivity contribution in [3.63, 3.8) is 0 Å². The van der Waals surface area contributed by atoms with Crippen LogP contribution >= 0.6 is 0 Å². The smallest absolute Gasteiger partial charge is 0.126 e. The van der Waals surface area contributed by atoms with Gasteiger partial charge in [-0.15, -0.1) is 0 Å². The van der Waals surface area contributed by atoms with Gasteiger partial charge in [0.05, 0.1) is 6.10 Å². The maximum absolute atomic E-state index is 9.75. The summed E-state index contributed by atoms with van der Waals surface area (Å²) in [5.41, 5.74) is 2.64. The number of anilines is 1. The molecule has 1 atom stereocenters. The van der Waals surface area contributed by atoms with E-state index in [0.717, 1.165) is 12.2 Å². The number of aliphatic hydroxyl groups excluding tert-OH is 1. The minimum Gasteiger partial charge on any atom is -0.391 e. The van der Waals surface area contributed by atoms with E-state index in [1.54, 1.807) is 0 Å². The summed E-state index contributed by atoms with van der Waals surface area (Å²) in [5, 5.41) is 13.0. The van der Waals surface area contributed by atoms with Gasteiger partial charge in [0.15, 0.2) is 0 Å². The van der Waals surface area contributed by atoms with Gasteiger partial charge in [0.25, 0.3) is 0 Å². The predicted molar refractivity (Wildman–Crippen MR) is 63.5 cm³/mol. The molecule has 0 saturated heterocycles. The molecule has 2 aliphatic carbocycles. The quantitative estimate of drug-likeness (QED) is 0.809. The highest BCUT2D eigenvalue weighted by atomic mass is 16.3. The second-order valence-corrected chi connectivity index (χ2v) is 4.94. The van der Waals surface area contributed by atoms with Crippen molar-refractivity contribution in [1.29, 1.82) is 0 Å². The van der Waals surface area contributed by atoms with Gasteiger partial charge in [0.1, 0.15) is 5.82 Å². The number of pyridine rings is 1. The standard InChI is InChI=1S/C13H18N2O/c16-12(10-4-5-10)8-14-13-7-6-9-2-1-3-11(9)15-13/h6-7,10,12,16H,1-5,8H2,(H,14,15). The molecular weight excluding hydrogens is 200 g/mol. The zero-order chi connectivity index (χ0) is 11.0. The van der Waals surface area contributed by atoms with Gasteiger partial charge in [-0.3, -0.25) is 0 Å². The van der Waals surface area contributed by atoms with Gasteiger partial charge in [-0.1, -0.05) is 6.07 Å². The zero-order valence-corrected chi connectivity index (χ0v) is 9.45. The number of nitrogens with zero attached hydrogens (tertiary/aromatic N) is 1. The van der Waals surface area contributed by atoms with Crippen LogP contribution in [0.3, 0.4) is 0 Å². The summed E-state index contributed by atoms with van der Waals surface area (Å²) in [6.07, 6.45) is 5.68. The summed E-state index contributed by atoms with van der Waals surface area (Å²) >= 11 is 0. The number of aromatic nitrogens is 1. The number of aliphatic hydroxyl groups is 1. The number of fused-ring (bicyclic) bond motifs is 1. The third-order valence-electron chi connectivity index (χ3n) is 3.59. The predicted octanol–water partition coefficient (Wildman–Crippen LogP) is 1.75. The van der Waals surface area contributed by atoms with Crippen molar-refractivity contribution in [3.05, 3.63) is 23.4 Å². The molecule has 1 saturated carbocycles. The van der Waals surface area contributed by atoms with Crippen LogP contribution < -0.4 is 5.32 Å². The van der Waals surface area contributed by atoms with Crippen LogP contribution in [0, 0.1) is 5.92 Å². The summed E-state index contributed by atoms with van der Waals surface area (Å²) in [6.45, 7) is 0.635. The maximum atomic E-state index is 9.75. The van der Waals surface area contributed by atoms with Crippen molar-refractivity contribution in [2.45, 2.75) is 38.2 Å². The first kappa shape index (κ1) is 10.1. The van der Waals surface area contributed by atoms with Gasteiger partial charge in [-0.25, -0.2) is 4.98 Å². The third-order valence-corrected chi connectivity index (χ3v) is 3.59. The Morgan fingerprint density at radius 3 is 3.06 bits per heavy atom. The van der Waals surface area contributed by atoms with Gasteiger partial charge in [-0.05, 0) is 49.7 Å². The first-order valence-electron chi connectivity index (χ1n) is 6.23. The van der Waals surface area contributed by atoms with E-state index >= 15 is 0 Å². The minimum absolute atomic E-state index is 0.199. The van der Waals surface area contributed by atoms with Crippen LogP contribution in [0.5, 0.6) is 0 Å². The molecule has 86 valence electrons. The van der Waals surface area contributed by atoms with Crippen LogP contribution in [-0.2, 0) is 12.8 Å². The molecule has 1 heterocycles. The van der Waals surface area contributed by atoms with Crippen molar-refractivity contribution in [1.82, 2.24) is 4.98 Å². The Kier molecular flexibility index (Phi) is 2.56. The first-order valence-corrected chi connectivity index (χ1v) is 6.23. The van der Waals surface area contributed by atoms with E-state index < -0.39 is 0 Å². The molecular formula is C13H18N2O. The Morgan fingerprint density at radius 1 is 1.38 bits per heavy atom. The van der Waals surface area contributed by atoms with Crippen molar-refractivity contribution in [3.8, 4) is 0 Å². The van der Waals surface area contributed by atoms with E-state index in [4.69, 9.17) is 0 Å². The van der Waals surface area contributed by atoms with Crippen LogP contribution in [0.25, 0.3) is 0 Å². The number of nitrogens with one attached hydrogen (secondary N) is 1. The Labute approximate surface area is 95.9 Å². The number of hydrogen-bond donors (Lipinski definition) is 2. The second kappa shape index (κ2) is 4.06. The largest absolute Gasteiger partial charge is 0.391 e. The molecule has 0 aromatic carbocycles. The summed E-state index contributed by atoms with van der Waals surface area (Å²) in [5.74, 6) is 1.45. The fourth-order valence-electron chi connectivity index (χ4n) is 2.38. The molecule has 1 unspecified atom stereocenters. The minimum atomic E-state index is -0.199. The highest BCUT2D eigenvalue weighted by Crippen LogP contribution is 2.32.